The van der Waals surface area contributed by atoms with Crippen LogP contribution in [0.15, 0.2) is 131 Å². The van der Waals surface area contributed by atoms with Crippen LogP contribution in [-0.4, -0.2) is 27.0 Å². The van der Waals surface area contributed by atoms with E-state index in [9.17, 15) is 14.7 Å². The highest BCUT2D eigenvalue weighted by Crippen LogP contribution is 2.44. The summed E-state index contributed by atoms with van der Waals surface area (Å²) < 4.78 is 6.65. The number of nitrogens with zero attached hydrogens (tertiary/aromatic N) is 3. The first-order chi connectivity index (χ1) is 21.5. The third kappa shape index (κ3) is 6.45. The second-order valence-electron chi connectivity index (χ2n) is 9.67. The Labute approximate surface area is 267 Å². The molecule has 1 aliphatic rings. The second-order valence-corrected chi connectivity index (χ2v) is 12.3. The summed E-state index contributed by atoms with van der Waals surface area (Å²) >= 11 is 8.94. The number of halogens is 1. The van der Waals surface area contributed by atoms with E-state index >= 15 is 0 Å². The molecule has 1 N–H and O–H groups in total. The minimum Gasteiger partial charge on any atom is -0.503 e. The summed E-state index contributed by atoms with van der Waals surface area (Å²) in [6.07, 6.45) is 3.01. The Morgan fingerprint density at radius 1 is 0.932 bits per heavy atom. The average Bonchev–Trinajstić information content (AvgIpc) is 3.62. The van der Waals surface area contributed by atoms with Gasteiger partial charge in [-0.1, -0.05) is 120 Å². The lowest BCUT2D eigenvalue weighted by Gasteiger charge is -2.24. The topological polar surface area (TPSA) is 92.6 Å². The van der Waals surface area contributed by atoms with Crippen molar-refractivity contribution in [2.75, 3.05) is 4.90 Å². The SMILES string of the molecule is O=C(/C=C/c1ccccc1)C1=C(O)C(=O)N(c2nnc(SCc3ccccc3Cl)s2)C1c1cccc(Oc2ccccc2)c1. The van der Waals surface area contributed by atoms with Crippen LogP contribution in [0.1, 0.15) is 22.7 Å². The highest BCUT2D eigenvalue weighted by atomic mass is 35.5. The number of ether oxygens (including phenoxy) is 1. The van der Waals surface area contributed by atoms with Crippen molar-refractivity contribution >= 4 is 57.6 Å². The van der Waals surface area contributed by atoms with Crippen LogP contribution in [-0.2, 0) is 15.3 Å². The van der Waals surface area contributed by atoms with Crippen LogP contribution in [0.25, 0.3) is 6.08 Å². The number of hydrogen-bond donors (Lipinski definition) is 1. The molecule has 0 saturated heterocycles. The molecule has 6 rings (SSSR count). The molecule has 7 nitrogen and oxygen atoms in total. The largest absolute Gasteiger partial charge is 0.503 e. The number of para-hydroxylation sites is 1. The normalized spacial score (nSPS) is 14.9. The van der Waals surface area contributed by atoms with E-state index in [1.54, 1.807) is 30.3 Å². The molecule has 1 aromatic heterocycles. The Bertz CT molecular complexity index is 1880. The van der Waals surface area contributed by atoms with E-state index in [4.69, 9.17) is 16.3 Å². The molecule has 1 amide bonds. The smallest absolute Gasteiger partial charge is 0.296 e. The van der Waals surface area contributed by atoms with Crippen LogP contribution < -0.4 is 9.64 Å². The van der Waals surface area contributed by atoms with Gasteiger partial charge in [-0.15, -0.1) is 10.2 Å². The number of benzene rings is 4. The van der Waals surface area contributed by atoms with Gasteiger partial charge in [0, 0.05) is 10.8 Å². The zero-order chi connectivity index (χ0) is 30.5. The van der Waals surface area contributed by atoms with Gasteiger partial charge in [0.2, 0.25) is 5.13 Å². The maximum atomic E-state index is 13.6. The van der Waals surface area contributed by atoms with Crippen molar-refractivity contribution in [3.05, 3.63) is 148 Å². The van der Waals surface area contributed by atoms with E-state index in [0.717, 1.165) is 11.1 Å². The molecule has 2 heterocycles. The summed E-state index contributed by atoms with van der Waals surface area (Å²) in [4.78, 5) is 28.6. The molecule has 0 bridgehead atoms. The maximum absolute atomic E-state index is 13.6. The number of carbonyl (C=O) groups excluding carboxylic acids is 2. The van der Waals surface area contributed by atoms with Gasteiger partial charge in [0.05, 0.1) is 11.6 Å². The number of aromatic nitrogens is 2. The predicted octanol–water partition coefficient (Wildman–Crippen LogP) is 8.46. The minimum absolute atomic E-state index is 0.0560. The number of carbonyl (C=O) groups is 2. The molecule has 1 unspecified atom stereocenters. The summed E-state index contributed by atoms with van der Waals surface area (Å²) in [6, 6.07) is 32.3. The lowest BCUT2D eigenvalue weighted by Crippen LogP contribution is -2.30. The Kier molecular flexibility index (Phi) is 8.88. The van der Waals surface area contributed by atoms with Crippen molar-refractivity contribution in [2.45, 2.75) is 16.1 Å². The van der Waals surface area contributed by atoms with Gasteiger partial charge < -0.3 is 9.84 Å². The Hall–Kier alpha value is -4.70. The number of aliphatic hydroxyl groups is 1. The lowest BCUT2D eigenvalue weighted by atomic mass is 9.95. The van der Waals surface area contributed by atoms with E-state index in [-0.39, 0.29) is 10.7 Å². The standard InChI is InChI=1S/C34H24ClN3O4S2/c35-27-17-8-7-12-24(27)21-43-34-37-36-33(44-34)38-30(23-13-9-16-26(20-23)42-25-14-5-2-6-15-25)29(31(40)32(38)41)28(39)19-18-22-10-3-1-4-11-22/h1-20,30,40H,21H2/b19-18+. The fourth-order valence-corrected chi connectivity index (χ4v) is 6.83. The van der Waals surface area contributed by atoms with Gasteiger partial charge in [0.15, 0.2) is 15.9 Å². The number of aliphatic hydroxyl groups excluding tert-OH is 1. The van der Waals surface area contributed by atoms with Crippen molar-refractivity contribution in [3.8, 4) is 11.5 Å². The molecular formula is C34H24ClN3O4S2. The number of hydrogen-bond acceptors (Lipinski definition) is 8. The molecule has 44 heavy (non-hydrogen) atoms. The zero-order valence-electron chi connectivity index (χ0n) is 23.0. The first-order valence-corrected chi connectivity index (χ1v) is 15.7. The number of rotatable bonds is 10. The van der Waals surface area contributed by atoms with Crippen molar-refractivity contribution < 1.29 is 19.4 Å². The Morgan fingerprint density at radius 3 is 2.41 bits per heavy atom. The van der Waals surface area contributed by atoms with Crippen molar-refractivity contribution in [1.82, 2.24) is 10.2 Å². The molecule has 5 aromatic rings. The van der Waals surface area contributed by atoms with Gasteiger partial charge in [-0.25, -0.2) is 0 Å². The molecule has 0 radical (unpaired) electrons. The van der Waals surface area contributed by atoms with E-state index in [2.05, 4.69) is 10.2 Å². The average molecular weight is 638 g/mol. The van der Waals surface area contributed by atoms with Gasteiger partial charge in [-0.05, 0) is 53.1 Å². The van der Waals surface area contributed by atoms with E-state index in [0.29, 0.717) is 32.2 Å². The maximum Gasteiger partial charge on any atom is 0.296 e. The van der Waals surface area contributed by atoms with Gasteiger partial charge >= 0.3 is 0 Å². The fourth-order valence-electron chi connectivity index (χ4n) is 4.68. The van der Waals surface area contributed by atoms with Gasteiger partial charge in [-0.2, -0.15) is 0 Å². The third-order valence-electron chi connectivity index (χ3n) is 6.76. The van der Waals surface area contributed by atoms with Crippen molar-refractivity contribution in [1.29, 1.82) is 0 Å². The highest BCUT2D eigenvalue weighted by Gasteiger charge is 2.45. The predicted molar refractivity (Wildman–Crippen MR) is 174 cm³/mol. The minimum atomic E-state index is -0.968. The number of thioether (sulfide) groups is 1. The van der Waals surface area contributed by atoms with Gasteiger partial charge in [-0.3, -0.25) is 14.5 Å². The number of ketones is 1. The van der Waals surface area contributed by atoms with E-state index in [1.807, 2.05) is 84.9 Å². The molecule has 0 spiro atoms. The first kappa shape index (κ1) is 29.4. The van der Waals surface area contributed by atoms with Crippen molar-refractivity contribution in [3.63, 3.8) is 0 Å². The van der Waals surface area contributed by atoms with E-state index < -0.39 is 23.5 Å². The van der Waals surface area contributed by atoms with Gasteiger partial charge in [0.1, 0.15) is 11.5 Å². The van der Waals surface area contributed by atoms with Crippen LogP contribution in [0.5, 0.6) is 11.5 Å². The molecule has 0 saturated carbocycles. The molecule has 218 valence electrons. The van der Waals surface area contributed by atoms with Crippen molar-refractivity contribution in [2.24, 2.45) is 0 Å². The second kappa shape index (κ2) is 13.3. The molecule has 4 aromatic carbocycles. The highest BCUT2D eigenvalue weighted by molar-refractivity contribution is 8.00. The Morgan fingerprint density at radius 2 is 1.64 bits per heavy atom. The number of amides is 1. The fraction of sp³-hybridized carbons (Fsp3) is 0.0588. The molecule has 1 aliphatic heterocycles. The quantitative estimate of drug-likeness (QED) is 0.0933. The first-order valence-electron chi connectivity index (χ1n) is 13.5. The summed E-state index contributed by atoms with van der Waals surface area (Å²) in [5, 5.41) is 20.6. The summed E-state index contributed by atoms with van der Waals surface area (Å²) in [6.45, 7) is 0. The van der Waals surface area contributed by atoms with Crippen LogP contribution in [0.3, 0.4) is 0 Å². The van der Waals surface area contributed by atoms with E-state index in [1.165, 1.54) is 34.1 Å². The third-order valence-corrected chi connectivity index (χ3v) is 9.24. The van der Waals surface area contributed by atoms with Crippen LogP contribution >= 0.6 is 34.7 Å². The number of allylic oxidation sites excluding steroid dienone is 1. The Balaban J connectivity index is 1.34. The van der Waals surface area contributed by atoms with Gasteiger partial charge in [0.25, 0.3) is 5.91 Å². The summed E-state index contributed by atoms with van der Waals surface area (Å²) in [5.74, 6) is -0.171. The molecular weight excluding hydrogens is 614 g/mol. The van der Waals surface area contributed by atoms with Crippen LogP contribution in [0, 0.1) is 0 Å². The lowest BCUT2D eigenvalue weighted by molar-refractivity contribution is -0.117. The summed E-state index contributed by atoms with van der Waals surface area (Å²) in [5.41, 5.74) is 2.26. The van der Waals surface area contributed by atoms with Crippen LogP contribution in [0.2, 0.25) is 5.02 Å². The monoisotopic (exact) mass is 637 g/mol. The molecule has 10 heteroatoms. The summed E-state index contributed by atoms with van der Waals surface area (Å²) in [7, 11) is 0. The zero-order valence-corrected chi connectivity index (χ0v) is 25.4. The molecule has 1 atom stereocenters. The number of anilines is 1. The van der Waals surface area contributed by atoms with Crippen LogP contribution in [0.4, 0.5) is 5.13 Å². The molecule has 0 aliphatic carbocycles. The molecule has 0 fully saturated rings.